The largest absolute Gasteiger partial charge is 0.279 e. The highest BCUT2D eigenvalue weighted by Gasteiger charge is 2.25. The number of hydrogen-bond acceptors (Lipinski definition) is 5. The van der Waals surface area contributed by atoms with Crippen LogP contribution in [0.25, 0.3) is 10.2 Å². The van der Waals surface area contributed by atoms with E-state index >= 15 is 0 Å². The zero-order valence-electron chi connectivity index (χ0n) is 20.3. The van der Waals surface area contributed by atoms with Crippen LogP contribution in [-0.4, -0.2) is 36.7 Å². The molecule has 0 N–H and O–H groups in total. The third kappa shape index (κ3) is 5.67. The Morgan fingerprint density at radius 3 is 2.24 bits per heavy atom. The molecule has 0 aliphatic carbocycles. The number of hydrogen-bond donors (Lipinski definition) is 0. The number of amides is 1. The molecule has 0 aliphatic heterocycles. The van der Waals surface area contributed by atoms with Gasteiger partial charge in [-0.15, -0.1) is 13.2 Å². The molecule has 1 heterocycles. The summed E-state index contributed by atoms with van der Waals surface area (Å²) in [5.74, 6) is -0.297. The molecule has 190 valence electrons. The number of halogens is 1. The highest BCUT2D eigenvalue weighted by molar-refractivity contribution is 7.89. The quantitative estimate of drug-likeness (QED) is 0.212. The zero-order valence-corrected chi connectivity index (χ0v) is 22.7. The molecule has 0 aliphatic rings. The third-order valence-electron chi connectivity index (χ3n) is 5.75. The van der Waals surface area contributed by atoms with Gasteiger partial charge in [0, 0.05) is 18.7 Å². The van der Waals surface area contributed by atoms with Crippen molar-refractivity contribution in [2.75, 3.05) is 18.0 Å². The molecule has 4 aromatic rings. The summed E-state index contributed by atoms with van der Waals surface area (Å²) in [6.45, 7) is 9.81. The monoisotopic (exact) mass is 551 g/mol. The van der Waals surface area contributed by atoms with E-state index in [1.807, 2.05) is 49.4 Å². The van der Waals surface area contributed by atoms with Gasteiger partial charge in [-0.3, -0.25) is 9.69 Å². The van der Waals surface area contributed by atoms with Crippen molar-refractivity contribution in [2.24, 2.45) is 0 Å². The molecule has 1 amide bonds. The third-order valence-corrected chi connectivity index (χ3v) is 9.13. The van der Waals surface area contributed by atoms with Crippen LogP contribution in [-0.2, 0) is 16.6 Å². The number of rotatable bonds is 10. The first-order valence-electron chi connectivity index (χ1n) is 11.5. The number of carbonyl (C=O) groups excluding carboxylic acids is 1. The van der Waals surface area contributed by atoms with Gasteiger partial charge >= 0.3 is 0 Å². The molecule has 0 radical (unpaired) electrons. The number of aromatic nitrogens is 1. The number of fused-ring (bicyclic) bond motifs is 1. The molecule has 0 saturated carbocycles. The summed E-state index contributed by atoms with van der Waals surface area (Å²) in [5, 5.41) is 1.09. The summed E-state index contributed by atoms with van der Waals surface area (Å²) in [6, 6.07) is 19.3. The Morgan fingerprint density at radius 1 is 1.00 bits per heavy atom. The van der Waals surface area contributed by atoms with Gasteiger partial charge in [0.25, 0.3) is 5.91 Å². The van der Waals surface area contributed by atoms with Crippen LogP contribution in [0.3, 0.4) is 0 Å². The van der Waals surface area contributed by atoms with Crippen LogP contribution in [0.5, 0.6) is 0 Å². The fourth-order valence-corrected chi connectivity index (χ4v) is 6.53. The molecule has 0 unspecified atom stereocenters. The fraction of sp³-hybridized carbons (Fsp3) is 0.143. The number of nitrogens with zero attached hydrogens (tertiary/aromatic N) is 3. The summed E-state index contributed by atoms with van der Waals surface area (Å²) in [4.78, 5) is 20.2. The molecule has 37 heavy (non-hydrogen) atoms. The molecule has 6 nitrogen and oxygen atoms in total. The summed E-state index contributed by atoms with van der Waals surface area (Å²) in [7, 11) is -3.77. The second-order valence-corrected chi connectivity index (χ2v) is 11.7. The molecule has 1 aromatic heterocycles. The maximum Gasteiger partial charge on any atom is 0.260 e. The van der Waals surface area contributed by atoms with Gasteiger partial charge in [0.2, 0.25) is 10.0 Å². The van der Waals surface area contributed by atoms with Crippen molar-refractivity contribution in [1.29, 1.82) is 0 Å². The second kappa shape index (κ2) is 11.4. The maximum atomic E-state index is 13.8. The Bertz CT molecular complexity index is 1500. The van der Waals surface area contributed by atoms with Crippen molar-refractivity contribution >= 4 is 54.2 Å². The van der Waals surface area contributed by atoms with Gasteiger partial charge in [0.05, 0.1) is 26.7 Å². The summed E-state index contributed by atoms with van der Waals surface area (Å²) in [6.07, 6.45) is 3.04. The lowest BCUT2D eigenvalue weighted by Crippen LogP contribution is -2.32. The van der Waals surface area contributed by atoms with E-state index in [2.05, 4.69) is 13.2 Å². The molecule has 4 rings (SSSR count). The Hall–Kier alpha value is -3.30. The number of thiazole rings is 1. The highest BCUT2D eigenvalue weighted by atomic mass is 35.5. The zero-order chi connectivity index (χ0) is 26.6. The SMILES string of the molecule is C=CCN(CC=C)S(=O)(=O)c1ccc(C(=O)N(Cc2ccccc2)c2nc3c(C)ccc(Cl)c3s2)cc1. The van der Waals surface area contributed by atoms with Crippen molar-refractivity contribution in [2.45, 2.75) is 18.4 Å². The first kappa shape index (κ1) is 26.8. The number of benzene rings is 3. The van der Waals surface area contributed by atoms with E-state index in [9.17, 15) is 13.2 Å². The number of aryl methyl sites for hydroxylation is 1. The normalized spacial score (nSPS) is 11.5. The molecule has 0 spiro atoms. The van der Waals surface area contributed by atoms with Gasteiger partial charge in [0.15, 0.2) is 5.13 Å². The topological polar surface area (TPSA) is 70.6 Å². The van der Waals surface area contributed by atoms with Crippen molar-refractivity contribution in [1.82, 2.24) is 9.29 Å². The first-order chi connectivity index (χ1) is 17.8. The fourth-order valence-electron chi connectivity index (χ4n) is 3.83. The standard InChI is InChI=1S/C28H26ClN3O3S2/c1-4-17-31(18-5-2)37(34,35)23-14-12-22(13-15-23)27(33)32(19-21-9-7-6-8-10-21)28-30-25-20(3)11-16-24(29)26(25)36-28/h4-16H,1-2,17-19H2,3H3. The molecular formula is C28H26ClN3O3S2. The highest BCUT2D eigenvalue weighted by Crippen LogP contribution is 2.36. The summed E-state index contributed by atoms with van der Waals surface area (Å²) < 4.78 is 28.2. The Labute approximate surface area is 226 Å². The van der Waals surface area contributed by atoms with Crippen LogP contribution < -0.4 is 4.90 Å². The van der Waals surface area contributed by atoms with E-state index in [1.54, 1.807) is 4.90 Å². The van der Waals surface area contributed by atoms with Crippen LogP contribution in [0.4, 0.5) is 5.13 Å². The number of anilines is 1. The molecule has 0 bridgehead atoms. The molecule has 0 atom stereocenters. The van der Waals surface area contributed by atoms with Crippen LogP contribution in [0.1, 0.15) is 21.5 Å². The Morgan fingerprint density at radius 2 is 1.65 bits per heavy atom. The molecule has 0 fully saturated rings. The first-order valence-corrected chi connectivity index (χ1v) is 14.1. The predicted molar refractivity (Wildman–Crippen MR) is 152 cm³/mol. The number of sulfonamides is 1. The van der Waals surface area contributed by atoms with Crippen molar-refractivity contribution in [3.05, 3.63) is 114 Å². The smallest absolute Gasteiger partial charge is 0.260 e. The average molecular weight is 552 g/mol. The van der Waals surface area contributed by atoms with Gasteiger partial charge in [0.1, 0.15) is 0 Å². The maximum absolute atomic E-state index is 13.8. The lowest BCUT2D eigenvalue weighted by Gasteiger charge is -2.21. The van der Waals surface area contributed by atoms with Gasteiger partial charge < -0.3 is 0 Å². The molecular weight excluding hydrogens is 526 g/mol. The van der Waals surface area contributed by atoms with E-state index in [4.69, 9.17) is 16.6 Å². The minimum absolute atomic E-state index is 0.0877. The van der Waals surface area contributed by atoms with Crippen LogP contribution in [0.2, 0.25) is 5.02 Å². The minimum Gasteiger partial charge on any atom is -0.279 e. The van der Waals surface area contributed by atoms with E-state index in [-0.39, 0.29) is 23.9 Å². The van der Waals surface area contributed by atoms with Gasteiger partial charge in [-0.1, -0.05) is 71.5 Å². The van der Waals surface area contributed by atoms with Crippen LogP contribution in [0, 0.1) is 6.92 Å². The molecule has 0 saturated heterocycles. The van der Waals surface area contributed by atoms with E-state index in [0.29, 0.717) is 22.3 Å². The second-order valence-electron chi connectivity index (χ2n) is 8.34. The Kier molecular flexibility index (Phi) is 8.24. The lowest BCUT2D eigenvalue weighted by molar-refractivity contribution is 0.0985. The molecule has 3 aromatic carbocycles. The predicted octanol–water partition coefficient (Wildman–Crippen LogP) is 6.47. The van der Waals surface area contributed by atoms with E-state index < -0.39 is 10.0 Å². The summed E-state index contributed by atoms with van der Waals surface area (Å²) in [5.41, 5.74) is 2.99. The average Bonchev–Trinajstić information content (AvgIpc) is 3.36. The van der Waals surface area contributed by atoms with E-state index in [1.165, 1.54) is 52.1 Å². The number of carbonyl (C=O) groups is 1. The van der Waals surface area contributed by atoms with Crippen molar-refractivity contribution < 1.29 is 13.2 Å². The van der Waals surface area contributed by atoms with Crippen LogP contribution >= 0.6 is 22.9 Å². The van der Waals surface area contributed by atoms with E-state index in [0.717, 1.165) is 21.3 Å². The Balaban J connectivity index is 1.72. The van der Waals surface area contributed by atoms with Crippen LogP contribution in [0.15, 0.2) is 96.9 Å². The lowest BCUT2D eigenvalue weighted by atomic mass is 10.1. The van der Waals surface area contributed by atoms with Crippen molar-refractivity contribution in [3.63, 3.8) is 0 Å². The van der Waals surface area contributed by atoms with Crippen molar-refractivity contribution in [3.8, 4) is 0 Å². The summed E-state index contributed by atoms with van der Waals surface area (Å²) >= 11 is 7.78. The van der Waals surface area contributed by atoms with Gasteiger partial charge in [-0.05, 0) is 48.4 Å². The minimum atomic E-state index is -3.77. The molecule has 9 heteroatoms. The van der Waals surface area contributed by atoms with Gasteiger partial charge in [-0.25, -0.2) is 13.4 Å². The van der Waals surface area contributed by atoms with Gasteiger partial charge in [-0.2, -0.15) is 4.31 Å².